The van der Waals surface area contributed by atoms with Gasteiger partial charge in [0.05, 0.1) is 17.5 Å². The smallest absolute Gasteiger partial charge is 0.271 e. The summed E-state index contributed by atoms with van der Waals surface area (Å²) in [6.45, 7) is 1.81. The molecule has 0 aliphatic heterocycles. The Kier molecular flexibility index (Phi) is 5.21. The summed E-state index contributed by atoms with van der Waals surface area (Å²) in [7, 11) is 0. The lowest BCUT2D eigenvalue weighted by molar-refractivity contribution is 0.0955. The molecule has 1 aliphatic rings. The van der Waals surface area contributed by atoms with Gasteiger partial charge in [-0.2, -0.15) is 5.10 Å². The number of benzene rings is 1. The predicted octanol–water partition coefficient (Wildman–Crippen LogP) is 3.56. The van der Waals surface area contributed by atoms with E-state index in [0.29, 0.717) is 17.4 Å². The van der Waals surface area contributed by atoms with Gasteiger partial charge in [-0.05, 0) is 69.0 Å². The van der Waals surface area contributed by atoms with Gasteiger partial charge in [0.25, 0.3) is 5.91 Å². The number of pyridine rings is 1. The molecule has 24 heavy (non-hydrogen) atoms. The topological polar surface area (TPSA) is 63.6 Å². The molecule has 1 aromatic heterocycles. The molecule has 1 aliphatic carbocycles. The molecule has 1 amide bonds. The van der Waals surface area contributed by atoms with Gasteiger partial charge in [-0.15, -0.1) is 0 Å². The average molecular weight is 323 g/mol. The van der Waals surface area contributed by atoms with Gasteiger partial charge in [0, 0.05) is 11.8 Å². The molecule has 5 nitrogen and oxygen atoms in total. The number of nitrogens with one attached hydrogen (secondary N) is 1. The fourth-order valence-corrected chi connectivity index (χ4v) is 2.72. The van der Waals surface area contributed by atoms with E-state index in [-0.39, 0.29) is 5.91 Å². The average Bonchev–Trinajstić information content (AvgIpc) is 3.14. The second kappa shape index (κ2) is 7.73. The fourth-order valence-electron chi connectivity index (χ4n) is 2.72. The predicted molar refractivity (Wildman–Crippen MR) is 93.2 cm³/mol. The minimum Gasteiger partial charge on any atom is -0.490 e. The third-order valence-electron chi connectivity index (χ3n) is 4.08. The zero-order valence-electron chi connectivity index (χ0n) is 13.7. The van der Waals surface area contributed by atoms with E-state index in [1.54, 1.807) is 25.3 Å². The second-order valence-corrected chi connectivity index (χ2v) is 5.90. The molecule has 0 saturated heterocycles. The molecule has 1 heterocycles. The van der Waals surface area contributed by atoms with Crippen molar-refractivity contribution >= 4 is 11.6 Å². The minimum atomic E-state index is -0.252. The Hall–Kier alpha value is -2.69. The maximum atomic E-state index is 12.2. The van der Waals surface area contributed by atoms with Crippen LogP contribution in [0.15, 0.2) is 53.8 Å². The summed E-state index contributed by atoms with van der Waals surface area (Å²) in [5.41, 5.74) is 4.50. The molecule has 1 saturated carbocycles. The number of aromatic nitrogens is 1. The lowest BCUT2D eigenvalue weighted by atomic mass is 10.2. The molecular formula is C19H21N3O2. The second-order valence-electron chi connectivity index (χ2n) is 5.90. The van der Waals surface area contributed by atoms with Crippen LogP contribution in [0.3, 0.4) is 0 Å². The lowest BCUT2D eigenvalue weighted by Gasteiger charge is -2.13. The van der Waals surface area contributed by atoms with Crippen LogP contribution in [0.5, 0.6) is 5.75 Å². The SMILES string of the molecule is C/C(=N\NC(=O)c1ccc(OC2CCCC2)cc1)c1ccccn1. The van der Waals surface area contributed by atoms with Gasteiger partial charge in [-0.25, -0.2) is 5.43 Å². The highest BCUT2D eigenvalue weighted by molar-refractivity contribution is 5.99. The summed E-state index contributed by atoms with van der Waals surface area (Å²) >= 11 is 0. The number of ether oxygens (including phenoxy) is 1. The van der Waals surface area contributed by atoms with Crippen LogP contribution in [0.2, 0.25) is 0 Å². The number of nitrogens with zero attached hydrogens (tertiary/aromatic N) is 2. The first-order chi connectivity index (χ1) is 11.7. The van der Waals surface area contributed by atoms with Gasteiger partial charge in [-0.3, -0.25) is 9.78 Å². The van der Waals surface area contributed by atoms with Gasteiger partial charge in [-0.1, -0.05) is 6.07 Å². The maximum Gasteiger partial charge on any atom is 0.271 e. The van der Waals surface area contributed by atoms with E-state index in [0.717, 1.165) is 24.3 Å². The third-order valence-corrected chi connectivity index (χ3v) is 4.08. The molecule has 124 valence electrons. The van der Waals surface area contributed by atoms with Crippen molar-refractivity contribution in [2.45, 2.75) is 38.7 Å². The molecule has 1 aromatic carbocycles. The summed E-state index contributed by atoms with van der Waals surface area (Å²) in [5, 5.41) is 4.10. The molecule has 0 radical (unpaired) electrons. The number of hydrazone groups is 1. The van der Waals surface area contributed by atoms with Crippen LogP contribution >= 0.6 is 0 Å². The van der Waals surface area contributed by atoms with E-state index in [2.05, 4.69) is 15.5 Å². The monoisotopic (exact) mass is 323 g/mol. The number of amides is 1. The van der Waals surface area contributed by atoms with Crippen LogP contribution in [-0.2, 0) is 0 Å². The Labute approximate surface area is 141 Å². The van der Waals surface area contributed by atoms with Crippen LogP contribution in [0, 0.1) is 0 Å². The molecule has 2 aromatic rings. The van der Waals surface area contributed by atoms with Crippen molar-refractivity contribution in [3.05, 3.63) is 59.9 Å². The zero-order chi connectivity index (χ0) is 16.8. The Morgan fingerprint density at radius 2 is 1.92 bits per heavy atom. The third kappa shape index (κ3) is 4.19. The highest BCUT2D eigenvalue weighted by Gasteiger charge is 2.16. The van der Waals surface area contributed by atoms with Gasteiger partial charge >= 0.3 is 0 Å². The maximum absolute atomic E-state index is 12.2. The number of carbonyl (C=O) groups excluding carboxylic acids is 1. The molecule has 3 rings (SSSR count). The highest BCUT2D eigenvalue weighted by atomic mass is 16.5. The summed E-state index contributed by atoms with van der Waals surface area (Å²) in [6.07, 6.45) is 6.71. The standard InChI is InChI=1S/C19H21N3O2/c1-14(18-8-4-5-13-20-18)21-22-19(23)15-9-11-17(12-10-15)24-16-6-2-3-7-16/h4-5,8-13,16H,2-3,6-7H2,1H3,(H,22,23)/b21-14+. The van der Waals surface area contributed by atoms with Crippen LogP contribution in [-0.4, -0.2) is 22.7 Å². The van der Waals surface area contributed by atoms with Crippen molar-refractivity contribution in [2.75, 3.05) is 0 Å². The molecule has 1 N–H and O–H groups in total. The molecule has 1 fully saturated rings. The van der Waals surface area contributed by atoms with Crippen LogP contribution < -0.4 is 10.2 Å². The van der Waals surface area contributed by atoms with E-state index in [4.69, 9.17) is 4.74 Å². The first kappa shape index (κ1) is 16.2. The van der Waals surface area contributed by atoms with Gasteiger partial charge in [0.2, 0.25) is 0 Å². The van der Waals surface area contributed by atoms with Crippen LogP contribution in [0.4, 0.5) is 0 Å². The zero-order valence-corrected chi connectivity index (χ0v) is 13.7. The summed E-state index contributed by atoms with van der Waals surface area (Å²) in [6, 6.07) is 12.7. The number of hydrogen-bond acceptors (Lipinski definition) is 4. The largest absolute Gasteiger partial charge is 0.490 e. The van der Waals surface area contributed by atoms with Gasteiger partial charge in [0.15, 0.2) is 0 Å². The Balaban J connectivity index is 1.58. The minimum absolute atomic E-state index is 0.252. The lowest BCUT2D eigenvalue weighted by Crippen LogP contribution is -2.19. The number of hydrogen-bond donors (Lipinski definition) is 1. The summed E-state index contributed by atoms with van der Waals surface area (Å²) in [4.78, 5) is 16.3. The quantitative estimate of drug-likeness (QED) is 0.676. The molecular weight excluding hydrogens is 302 g/mol. The van der Waals surface area contributed by atoms with E-state index < -0.39 is 0 Å². The molecule has 0 bridgehead atoms. The van der Waals surface area contributed by atoms with Crippen LogP contribution in [0.1, 0.15) is 48.7 Å². The van der Waals surface area contributed by atoms with Crippen molar-refractivity contribution in [3.63, 3.8) is 0 Å². The summed E-state index contributed by atoms with van der Waals surface area (Å²) < 4.78 is 5.90. The van der Waals surface area contributed by atoms with Gasteiger partial charge in [0.1, 0.15) is 5.75 Å². The Morgan fingerprint density at radius 3 is 2.58 bits per heavy atom. The van der Waals surface area contributed by atoms with E-state index >= 15 is 0 Å². The molecule has 0 unspecified atom stereocenters. The molecule has 5 heteroatoms. The van der Waals surface area contributed by atoms with E-state index in [1.165, 1.54) is 12.8 Å². The summed E-state index contributed by atoms with van der Waals surface area (Å²) in [5.74, 6) is 0.560. The Bertz CT molecular complexity index is 705. The van der Waals surface area contributed by atoms with E-state index in [9.17, 15) is 4.79 Å². The normalized spacial score (nSPS) is 15.3. The number of rotatable bonds is 5. The van der Waals surface area contributed by atoms with Crippen molar-refractivity contribution < 1.29 is 9.53 Å². The molecule has 0 atom stereocenters. The number of carbonyl (C=O) groups is 1. The fraction of sp³-hybridized carbons (Fsp3) is 0.316. The first-order valence-corrected chi connectivity index (χ1v) is 8.25. The van der Waals surface area contributed by atoms with Crippen LogP contribution in [0.25, 0.3) is 0 Å². The van der Waals surface area contributed by atoms with Gasteiger partial charge < -0.3 is 4.74 Å². The molecule has 0 spiro atoms. The van der Waals surface area contributed by atoms with E-state index in [1.807, 2.05) is 30.3 Å². The first-order valence-electron chi connectivity index (χ1n) is 8.25. The van der Waals surface area contributed by atoms with Crippen molar-refractivity contribution in [3.8, 4) is 5.75 Å². The van der Waals surface area contributed by atoms with Crippen molar-refractivity contribution in [1.82, 2.24) is 10.4 Å². The Morgan fingerprint density at radius 1 is 1.17 bits per heavy atom. The highest BCUT2D eigenvalue weighted by Crippen LogP contribution is 2.24. The van der Waals surface area contributed by atoms with Crippen molar-refractivity contribution in [2.24, 2.45) is 5.10 Å². The van der Waals surface area contributed by atoms with Crippen molar-refractivity contribution in [1.29, 1.82) is 0 Å².